The molecular formula is C12H14F2N2O2. The standard InChI is InChI=1S/C12H14F2N2O2/c1-15(8-4-2-3-5-8)12-10(16(17)18)7-6-9(13)11(12)14/h6-8H,2-5H2,1H3. The van der Waals surface area contributed by atoms with Gasteiger partial charge in [0, 0.05) is 19.2 Å². The molecule has 1 aromatic carbocycles. The molecule has 4 nitrogen and oxygen atoms in total. The van der Waals surface area contributed by atoms with E-state index in [0.717, 1.165) is 37.8 Å². The van der Waals surface area contributed by atoms with Crippen molar-refractivity contribution in [2.75, 3.05) is 11.9 Å². The molecule has 0 unspecified atom stereocenters. The van der Waals surface area contributed by atoms with Gasteiger partial charge in [0.05, 0.1) is 4.92 Å². The maximum atomic E-state index is 13.8. The Morgan fingerprint density at radius 1 is 1.33 bits per heavy atom. The summed E-state index contributed by atoms with van der Waals surface area (Å²) in [5.41, 5.74) is -0.629. The molecule has 0 N–H and O–H groups in total. The predicted octanol–water partition coefficient (Wildman–Crippen LogP) is 3.25. The van der Waals surface area contributed by atoms with Crippen molar-refractivity contribution in [2.45, 2.75) is 31.7 Å². The van der Waals surface area contributed by atoms with Crippen molar-refractivity contribution in [1.29, 1.82) is 0 Å². The van der Waals surface area contributed by atoms with Crippen molar-refractivity contribution < 1.29 is 13.7 Å². The predicted molar refractivity (Wildman–Crippen MR) is 63.7 cm³/mol. The first-order chi connectivity index (χ1) is 8.52. The van der Waals surface area contributed by atoms with E-state index in [-0.39, 0.29) is 17.4 Å². The van der Waals surface area contributed by atoms with Gasteiger partial charge in [-0.15, -0.1) is 0 Å². The summed E-state index contributed by atoms with van der Waals surface area (Å²) in [6, 6.07) is 1.85. The van der Waals surface area contributed by atoms with Gasteiger partial charge in [-0.3, -0.25) is 10.1 Å². The molecule has 0 heterocycles. The molecule has 1 aliphatic rings. The Kier molecular flexibility index (Phi) is 3.45. The lowest BCUT2D eigenvalue weighted by atomic mass is 10.1. The fraction of sp³-hybridized carbons (Fsp3) is 0.500. The van der Waals surface area contributed by atoms with Crippen molar-refractivity contribution in [3.8, 4) is 0 Å². The first kappa shape index (κ1) is 12.7. The smallest absolute Gasteiger partial charge is 0.295 e. The van der Waals surface area contributed by atoms with Crippen molar-refractivity contribution in [2.24, 2.45) is 0 Å². The lowest BCUT2D eigenvalue weighted by molar-refractivity contribution is -0.384. The molecule has 0 radical (unpaired) electrons. The van der Waals surface area contributed by atoms with Gasteiger partial charge in [-0.25, -0.2) is 8.78 Å². The zero-order chi connectivity index (χ0) is 13.3. The molecule has 0 saturated heterocycles. The number of nitrogens with zero attached hydrogens (tertiary/aromatic N) is 2. The summed E-state index contributed by atoms with van der Waals surface area (Å²) >= 11 is 0. The highest BCUT2D eigenvalue weighted by molar-refractivity contribution is 5.64. The average Bonchev–Trinajstić information content (AvgIpc) is 2.84. The quantitative estimate of drug-likeness (QED) is 0.616. The first-order valence-corrected chi connectivity index (χ1v) is 5.87. The third-order valence-corrected chi connectivity index (χ3v) is 3.47. The second-order valence-electron chi connectivity index (χ2n) is 4.54. The van der Waals surface area contributed by atoms with E-state index in [4.69, 9.17) is 0 Å². The number of hydrogen-bond donors (Lipinski definition) is 0. The summed E-state index contributed by atoms with van der Waals surface area (Å²) in [4.78, 5) is 11.7. The highest BCUT2D eigenvalue weighted by atomic mass is 19.2. The van der Waals surface area contributed by atoms with Gasteiger partial charge in [-0.1, -0.05) is 12.8 Å². The van der Waals surface area contributed by atoms with E-state index in [1.165, 1.54) is 4.90 Å². The average molecular weight is 256 g/mol. The molecule has 0 aromatic heterocycles. The normalized spacial score (nSPS) is 15.9. The molecule has 0 spiro atoms. The van der Waals surface area contributed by atoms with Gasteiger partial charge < -0.3 is 4.90 Å². The third-order valence-electron chi connectivity index (χ3n) is 3.47. The molecule has 1 saturated carbocycles. The Labute approximate surface area is 103 Å². The maximum absolute atomic E-state index is 13.8. The minimum absolute atomic E-state index is 0.0417. The largest absolute Gasteiger partial charge is 0.364 e. The van der Waals surface area contributed by atoms with Gasteiger partial charge in [0.2, 0.25) is 0 Å². The van der Waals surface area contributed by atoms with E-state index in [1.807, 2.05) is 0 Å². The number of halogens is 2. The highest BCUT2D eigenvalue weighted by Gasteiger charge is 2.29. The Balaban J connectivity index is 2.46. The van der Waals surface area contributed by atoms with E-state index in [1.54, 1.807) is 7.05 Å². The van der Waals surface area contributed by atoms with Crippen LogP contribution in [0.3, 0.4) is 0 Å². The molecule has 1 fully saturated rings. The van der Waals surface area contributed by atoms with E-state index in [2.05, 4.69) is 0 Å². The molecule has 0 aliphatic heterocycles. The van der Waals surface area contributed by atoms with Crippen LogP contribution in [0.4, 0.5) is 20.2 Å². The second-order valence-corrected chi connectivity index (χ2v) is 4.54. The number of hydrogen-bond acceptors (Lipinski definition) is 3. The van der Waals surface area contributed by atoms with E-state index < -0.39 is 16.6 Å². The molecule has 1 aliphatic carbocycles. The summed E-state index contributed by atoms with van der Waals surface area (Å²) in [7, 11) is 1.58. The molecule has 0 bridgehead atoms. The third kappa shape index (κ3) is 2.14. The molecule has 1 aromatic rings. The van der Waals surface area contributed by atoms with Crippen molar-refractivity contribution >= 4 is 11.4 Å². The van der Waals surface area contributed by atoms with Gasteiger partial charge in [0.15, 0.2) is 17.3 Å². The van der Waals surface area contributed by atoms with Crippen molar-refractivity contribution in [3.63, 3.8) is 0 Å². The van der Waals surface area contributed by atoms with Crippen LogP contribution >= 0.6 is 0 Å². The van der Waals surface area contributed by atoms with Crippen molar-refractivity contribution in [1.82, 2.24) is 0 Å². The SMILES string of the molecule is CN(c1c([N+](=O)[O-])ccc(F)c1F)C1CCCC1. The van der Waals surface area contributed by atoms with Crippen LogP contribution in [0.15, 0.2) is 12.1 Å². The van der Waals surface area contributed by atoms with Crippen LogP contribution in [0, 0.1) is 21.7 Å². The number of nitro groups is 1. The zero-order valence-electron chi connectivity index (χ0n) is 10.0. The number of nitro benzene ring substituents is 1. The van der Waals surface area contributed by atoms with Crippen molar-refractivity contribution in [3.05, 3.63) is 33.9 Å². The summed E-state index contributed by atoms with van der Waals surface area (Å²) in [5, 5.41) is 10.9. The minimum atomic E-state index is -1.14. The van der Waals surface area contributed by atoms with Gasteiger partial charge in [-0.2, -0.15) is 0 Å². The van der Waals surface area contributed by atoms with E-state index >= 15 is 0 Å². The Morgan fingerprint density at radius 3 is 2.50 bits per heavy atom. The monoisotopic (exact) mass is 256 g/mol. The van der Waals surface area contributed by atoms with Gasteiger partial charge in [0.1, 0.15) is 0 Å². The topological polar surface area (TPSA) is 46.4 Å². The molecule has 2 rings (SSSR count). The Morgan fingerprint density at radius 2 is 1.94 bits per heavy atom. The van der Waals surface area contributed by atoms with Crippen LogP contribution in [-0.2, 0) is 0 Å². The van der Waals surface area contributed by atoms with Gasteiger partial charge >= 0.3 is 0 Å². The van der Waals surface area contributed by atoms with Crippen LogP contribution in [0.5, 0.6) is 0 Å². The zero-order valence-corrected chi connectivity index (χ0v) is 10.0. The lowest BCUT2D eigenvalue weighted by Crippen LogP contribution is -2.30. The summed E-state index contributed by atoms with van der Waals surface area (Å²) in [6.45, 7) is 0. The van der Waals surface area contributed by atoms with Crippen LogP contribution in [-0.4, -0.2) is 18.0 Å². The molecule has 6 heteroatoms. The number of benzene rings is 1. The van der Waals surface area contributed by atoms with Gasteiger partial charge in [0.25, 0.3) is 5.69 Å². The number of anilines is 1. The number of rotatable bonds is 3. The van der Waals surface area contributed by atoms with Crippen LogP contribution in [0.1, 0.15) is 25.7 Å². The van der Waals surface area contributed by atoms with Crippen LogP contribution in [0.25, 0.3) is 0 Å². The summed E-state index contributed by atoms with van der Waals surface area (Å²) < 4.78 is 27.1. The van der Waals surface area contributed by atoms with Crippen LogP contribution < -0.4 is 4.90 Å². The Hall–Kier alpha value is -1.72. The fourth-order valence-electron chi connectivity index (χ4n) is 2.49. The molecule has 98 valence electrons. The Bertz CT molecular complexity index is 473. The molecule has 0 atom stereocenters. The highest BCUT2D eigenvalue weighted by Crippen LogP contribution is 2.36. The summed E-state index contributed by atoms with van der Waals surface area (Å²) in [5.74, 6) is -2.20. The molecular weight excluding hydrogens is 242 g/mol. The van der Waals surface area contributed by atoms with E-state index in [0.29, 0.717) is 0 Å². The molecule has 18 heavy (non-hydrogen) atoms. The first-order valence-electron chi connectivity index (χ1n) is 5.87. The fourth-order valence-corrected chi connectivity index (χ4v) is 2.49. The minimum Gasteiger partial charge on any atom is -0.364 e. The van der Waals surface area contributed by atoms with Crippen LogP contribution in [0.2, 0.25) is 0 Å². The summed E-state index contributed by atoms with van der Waals surface area (Å²) in [6.07, 6.45) is 3.73. The van der Waals surface area contributed by atoms with E-state index in [9.17, 15) is 18.9 Å². The van der Waals surface area contributed by atoms with Gasteiger partial charge in [-0.05, 0) is 18.9 Å². The lowest BCUT2D eigenvalue weighted by Gasteiger charge is -2.26. The maximum Gasteiger partial charge on any atom is 0.295 e. The molecule has 0 amide bonds. The second kappa shape index (κ2) is 4.88.